The minimum absolute atomic E-state index is 0.162. The van der Waals surface area contributed by atoms with Crippen LogP contribution in [0.3, 0.4) is 0 Å². The molecular formula is C13H14N2O3. The fraction of sp³-hybridized carbons (Fsp3) is 0.231. The SMILES string of the molecule is Cc1cc(C(=O)Nc2cccc(C(C)O)c2)on1. The van der Waals surface area contributed by atoms with Crippen molar-refractivity contribution in [1.82, 2.24) is 5.16 Å². The molecule has 94 valence electrons. The number of benzene rings is 1. The summed E-state index contributed by atoms with van der Waals surface area (Å²) >= 11 is 0. The van der Waals surface area contributed by atoms with Gasteiger partial charge in [0, 0.05) is 11.8 Å². The number of aliphatic hydroxyl groups excluding tert-OH is 1. The van der Waals surface area contributed by atoms with Gasteiger partial charge in [0.1, 0.15) is 0 Å². The van der Waals surface area contributed by atoms with E-state index < -0.39 is 6.10 Å². The average Bonchev–Trinajstić information content (AvgIpc) is 2.76. The van der Waals surface area contributed by atoms with Gasteiger partial charge in [0.2, 0.25) is 5.76 Å². The molecule has 2 aromatic rings. The first-order valence-corrected chi connectivity index (χ1v) is 5.59. The molecule has 5 heteroatoms. The summed E-state index contributed by atoms with van der Waals surface area (Å²) in [7, 11) is 0. The van der Waals surface area contributed by atoms with Gasteiger partial charge in [-0.25, -0.2) is 0 Å². The third-order valence-electron chi connectivity index (χ3n) is 2.48. The highest BCUT2D eigenvalue weighted by molar-refractivity contribution is 6.02. The highest BCUT2D eigenvalue weighted by Crippen LogP contribution is 2.17. The molecule has 0 saturated carbocycles. The Labute approximate surface area is 104 Å². The molecule has 18 heavy (non-hydrogen) atoms. The Bertz CT molecular complexity index is 561. The molecule has 1 atom stereocenters. The number of aliphatic hydroxyl groups is 1. The Hall–Kier alpha value is -2.14. The predicted molar refractivity (Wildman–Crippen MR) is 66.3 cm³/mol. The van der Waals surface area contributed by atoms with Crippen LogP contribution in [0, 0.1) is 6.92 Å². The molecule has 1 unspecified atom stereocenters. The third kappa shape index (κ3) is 2.75. The number of aromatic nitrogens is 1. The lowest BCUT2D eigenvalue weighted by atomic mass is 10.1. The van der Waals surface area contributed by atoms with Crippen molar-refractivity contribution < 1.29 is 14.4 Å². The number of carbonyl (C=O) groups excluding carboxylic acids is 1. The molecule has 0 spiro atoms. The van der Waals surface area contributed by atoms with Gasteiger partial charge in [0.25, 0.3) is 5.91 Å². The molecule has 0 aliphatic heterocycles. The van der Waals surface area contributed by atoms with E-state index in [0.717, 1.165) is 5.56 Å². The van der Waals surface area contributed by atoms with E-state index in [0.29, 0.717) is 11.4 Å². The molecule has 1 heterocycles. The highest BCUT2D eigenvalue weighted by Gasteiger charge is 2.12. The molecule has 1 aromatic carbocycles. The number of hydrogen-bond donors (Lipinski definition) is 2. The van der Waals surface area contributed by atoms with E-state index in [1.807, 2.05) is 0 Å². The summed E-state index contributed by atoms with van der Waals surface area (Å²) in [5.74, 6) is -0.201. The van der Waals surface area contributed by atoms with Crippen molar-refractivity contribution in [2.24, 2.45) is 0 Å². The quantitative estimate of drug-likeness (QED) is 0.871. The lowest BCUT2D eigenvalue weighted by molar-refractivity contribution is 0.0988. The Morgan fingerprint density at radius 3 is 2.83 bits per heavy atom. The van der Waals surface area contributed by atoms with Crippen LogP contribution in [-0.2, 0) is 0 Å². The van der Waals surface area contributed by atoms with E-state index in [4.69, 9.17) is 4.52 Å². The van der Waals surface area contributed by atoms with E-state index in [9.17, 15) is 9.90 Å². The molecule has 1 aromatic heterocycles. The largest absolute Gasteiger partial charge is 0.389 e. The average molecular weight is 246 g/mol. The first-order valence-electron chi connectivity index (χ1n) is 5.59. The molecule has 0 bridgehead atoms. The molecule has 0 aliphatic carbocycles. The predicted octanol–water partition coefficient (Wildman–Crippen LogP) is 2.29. The molecule has 2 N–H and O–H groups in total. The summed E-state index contributed by atoms with van der Waals surface area (Å²) in [6.07, 6.45) is -0.575. The van der Waals surface area contributed by atoms with Gasteiger partial charge in [-0.2, -0.15) is 0 Å². The maximum atomic E-state index is 11.8. The zero-order valence-electron chi connectivity index (χ0n) is 10.2. The molecule has 2 rings (SSSR count). The van der Waals surface area contributed by atoms with E-state index >= 15 is 0 Å². The summed E-state index contributed by atoms with van der Waals surface area (Å²) in [6.45, 7) is 3.41. The summed E-state index contributed by atoms with van der Waals surface area (Å²) < 4.78 is 4.86. The molecule has 1 amide bonds. The molecular weight excluding hydrogens is 232 g/mol. The van der Waals surface area contributed by atoms with Crippen molar-refractivity contribution in [3.8, 4) is 0 Å². The number of amides is 1. The first-order chi connectivity index (χ1) is 8.56. The van der Waals surface area contributed by atoms with Crippen molar-refractivity contribution in [3.05, 3.63) is 47.3 Å². The third-order valence-corrected chi connectivity index (χ3v) is 2.48. The van der Waals surface area contributed by atoms with E-state index in [1.165, 1.54) is 0 Å². The van der Waals surface area contributed by atoms with Gasteiger partial charge < -0.3 is 14.9 Å². The van der Waals surface area contributed by atoms with Gasteiger partial charge in [-0.05, 0) is 31.5 Å². The second-order valence-electron chi connectivity index (χ2n) is 4.09. The van der Waals surface area contributed by atoms with E-state index in [1.54, 1.807) is 44.2 Å². The highest BCUT2D eigenvalue weighted by atomic mass is 16.5. The van der Waals surface area contributed by atoms with Gasteiger partial charge >= 0.3 is 0 Å². The second kappa shape index (κ2) is 5.01. The van der Waals surface area contributed by atoms with Crippen LogP contribution in [0.25, 0.3) is 0 Å². The summed E-state index contributed by atoms with van der Waals surface area (Å²) in [4.78, 5) is 11.8. The number of aryl methyl sites for hydroxylation is 1. The standard InChI is InChI=1S/C13H14N2O3/c1-8-6-12(18-15-8)13(17)14-11-5-3-4-10(7-11)9(2)16/h3-7,9,16H,1-2H3,(H,14,17). The van der Waals surface area contributed by atoms with E-state index in [-0.39, 0.29) is 11.7 Å². The lowest BCUT2D eigenvalue weighted by Gasteiger charge is -2.07. The number of anilines is 1. The zero-order valence-corrected chi connectivity index (χ0v) is 10.2. The first kappa shape index (κ1) is 12.3. The number of nitrogens with one attached hydrogen (secondary N) is 1. The van der Waals surface area contributed by atoms with Crippen LogP contribution in [0.5, 0.6) is 0 Å². The van der Waals surface area contributed by atoms with Crippen LogP contribution in [0.2, 0.25) is 0 Å². The van der Waals surface area contributed by atoms with Crippen molar-refractivity contribution in [3.63, 3.8) is 0 Å². The fourth-order valence-corrected chi connectivity index (χ4v) is 1.54. The van der Waals surface area contributed by atoms with Gasteiger partial charge in [-0.15, -0.1) is 0 Å². The van der Waals surface area contributed by atoms with Crippen LogP contribution in [0.1, 0.15) is 34.8 Å². The van der Waals surface area contributed by atoms with E-state index in [2.05, 4.69) is 10.5 Å². The molecule has 5 nitrogen and oxygen atoms in total. The van der Waals surface area contributed by atoms with Gasteiger partial charge in [-0.1, -0.05) is 17.3 Å². The smallest absolute Gasteiger partial charge is 0.294 e. The molecule has 0 fully saturated rings. The summed E-state index contributed by atoms with van der Waals surface area (Å²) in [6, 6.07) is 8.58. The van der Waals surface area contributed by atoms with Gasteiger partial charge in [0.05, 0.1) is 11.8 Å². The van der Waals surface area contributed by atoms with Crippen LogP contribution >= 0.6 is 0 Å². The number of hydrogen-bond acceptors (Lipinski definition) is 4. The van der Waals surface area contributed by atoms with Crippen LogP contribution in [0.4, 0.5) is 5.69 Å². The summed E-state index contributed by atoms with van der Waals surface area (Å²) in [5.41, 5.74) is 1.99. The number of nitrogens with zero attached hydrogens (tertiary/aromatic N) is 1. The normalized spacial score (nSPS) is 12.2. The van der Waals surface area contributed by atoms with Crippen molar-refractivity contribution in [1.29, 1.82) is 0 Å². The Morgan fingerprint density at radius 1 is 1.44 bits per heavy atom. The fourth-order valence-electron chi connectivity index (χ4n) is 1.54. The monoisotopic (exact) mass is 246 g/mol. The molecule has 0 radical (unpaired) electrons. The maximum Gasteiger partial charge on any atom is 0.294 e. The summed E-state index contributed by atoms with van der Waals surface area (Å²) in [5, 5.41) is 15.8. The topological polar surface area (TPSA) is 75.4 Å². The van der Waals surface area contributed by atoms with Gasteiger partial charge in [-0.3, -0.25) is 4.79 Å². The Balaban J connectivity index is 2.14. The maximum absolute atomic E-state index is 11.8. The van der Waals surface area contributed by atoms with Crippen molar-refractivity contribution in [2.45, 2.75) is 20.0 Å². The number of carbonyl (C=O) groups is 1. The second-order valence-corrected chi connectivity index (χ2v) is 4.09. The Morgan fingerprint density at radius 2 is 2.22 bits per heavy atom. The number of rotatable bonds is 3. The van der Waals surface area contributed by atoms with Crippen LogP contribution < -0.4 is 5.32 Å². The van der Waals surface area contributed by atoms with Gasteiger partial charge in [0.15, 0.2) is 0 Å². The molecule has 0 aliphatic rings. The molecule has 0 saturated heterocycles. The Kier molecular flexibility index (Phi) is 3.43. The lowest BCUT2D eigenvalue weighted by Crippen LogP contribution is -2.11. The van der Waals surface area contributed by atoms with Crippen LogP contribution in [0.15, 0.2) is 34.9 Å². The van der Waals surface area contributed by atoms with Crippen molar-refractivity contribution in [2.75, 3.05) is 5.32 Å². The zero-order chi connectivity index (χ0) is 13.1. The van der Waals surface area contributed by atoms with Crippen molar-refractivity contribution >= 4 is 11.6 Å². The minimum Gasteiger partial charge on any atom is -0.389 e. The van der Waals surface area contributed by atoms with Crippen LogP contribution in [-0.4, -0.2) is 16.2 Å². The minimum atomic E-state index is -0.575.